The third kappa shape index (κ3) is 4.65. The van der Waals surface area contributed by atoms with Crippen LogP contribution in [0, 0.1) is 0 Å². The number of aliphatic hydroxyl groups is 2. The highest BCUT2D eigenvalue weighted by molar-refractivity contribution is 7.92. The maximum Gasteiger partial charge on any atom is 0.218 e. The highest BCUT2D eigenvalue weighted by Crippen LogP contribution is 2.41. The summed E-state index contributed by atoms with van der Waals surface area (Å²) in [6.45, 7) is -0.482. The van der Waals surface area contributed by atoms with Crippen molar-refractivity contribution in [2.75, 3.05) is 13.2 Å². The largest absolute Gasteiger partial charge is 0.506 e. The van der Waals surface area contributed by atoms with E-state index in [9.17, 15) is 28.8 Å². The number of hydrogen-bond acceptors (Lipinski definition) is 10. The van der Waals surface area contributed by atoms with Gasteiger partial charge in [-0.05, 0) is 72.5 Å². The van der Waals surface area contributed by atoms with Gasteiger partial charge in [-0.25, -0.2) is 8.42 Å². The van der Waals surface area contributed by atoms with Gasteiger partial charge < -0.3 is 20.4 Å². The molecular weight excluding hydrogens is 548 g/mol. The molecule has 0 aliphatic heterocycles. The minimum absolute atomic E-state index is 0.0759. The monoisotopic (exact) mass is 572 g/mol. The average molecular weight is 573 g/mol. The number of phenols is 2. The molecule has 0 saturated carbocycles. The van der Waals surface area contributed by atoms with Crippen LogP contribution in [0.15, 0.2) is 82.6 Å². The molecule has 2 heterocycles. The van der Waals surface area contributed by atoms with Crippen LogP contribution in [-0.4, -0.2) is 72.0 Å². The van der Waals surface area contributed by atoms with Crippen molar-refractivity contribution in [1.82, 2.24) is 30.0 Å². The van der Waals surface area contributed by atoms with Gasteiger partial charge >= 0.3 is 0 Å². The molecule has 12 nitrogen and oxygen atoms in total. The van der Waals surface area contributed by atoms with Crippen LogP contribution in [-0.2, 0) is 22.7 Å². The molecule has 6 aromatic rings. The standard InChI is InChI=1S/C28H24N6O6S/c35-11-9-17-13-23(33-29-19-5-1-2-6-20(19)30-33)27(25(37)15-17)41(39,40)28-24(14-18(10-12-36)16-26(28)38)34-31-21-7-3-4-8-22(21)32-34/h1-8,13-16,35-38H,9-12H2. The molecule has 0 spiro atoms. The minimum Gasteiger partial charge on any atom is -0.506 e. The van der Waals surface area contributed by atoms with Gasteiger partial charge in [0.05, 0.1) is 0 Å². The molecule has 0 aliphatic rings. The smallest absolute Gasteiger partial charge is 0.218 e. The van der Waals surface area contributed by atoms with E-state index in [0.717, 1.165) is 9.59 Å². The highest BCUT2D eigenvalue weighted by atomic mass is 32.2. The minimum atomic E-state index is -4.72. The van der Waals surface area contributed by atoms with E-state index in [2.05, 4.69) is 20.4 Å². The molecule has 0 saturated heterocycles. The maximum atomic E-state index is 14.5. The maximum absolute atomic E-state index is 14.5. The summed E-state index contributed by atoms with van der Waals surface area (Å²) in [5, 5.41) is 59.0. The van der Waals surface area contributed by atoms with Crippen LogP contribution in [0.4, 0.5) is 0 Å². The summed E-state index contributed by atoms with van der Waals surface area (Å²) in [6.07, 6.45) is 0.273. The number of aromatic hydroxyl groups is 2. The first kappa shape index (κ1) is 26.4. The molecule has 0 fully saturated rings. The van der Waals surface area contributed by atoms with Crippen molar-refractivity contribution in [3.63, 3.8) is 0 Å². The fraction of sp³-hybridized carbons (Fsp3) is 0.143. The van der Waals surface area contributed by atoms with E-state index in [-0.39, 0.29) is 37.4 Å². The van der Waals surface area contributed by atoms with Gasteiger partial charge in [-0.3, -0.25) is 0 Å². The van der Waals surface area contributed by atoms with Gasteiger partial charge in [0, 0.05) is 13.2 Å². The number of fused-ring (bicyclic) bond motifs is 2. The van der Waals surface area contributed by atoms with Gasteiger partial charge in [-0.15, -0.1) is 30.0 Å². The fourth-order valence-electron chi connectivity index (χ4n) is 4.74. The van der Waals surface area contributed by atoms with Crippen molar-refractivity contribution >= 4 is 31.9 Å². The average Bonchev–Trinajstić information content (AvgIpc) is 3.57. The summed E-state index contributed by atoms with van der Waals surface area (Å²) in [5.41, 5.74) is 2.71. The van der Waals surface area contributed by atoms with Gasteiger partial charge in [0.25, 0.3) is 0 Å². The number of nitrogens with zero attached hydrogens (tertiary/aromatic N) is 6. The zero-order chi connectivity index (χ0) is 28.7. The van der Waals surface area contributed by atoms with Crippen LogP contribution in [0.1, 0.15) is 11.1 Å². The second kappa shape index (κ2) is 10.3. The first-order chi connectivity index (χ1) is 19.8. The Morgan fingerprint density at radius 2 is 0.927 bits per heavy atom. The number of sulfone groups is 1. The lowest BCUT2D eigenvalue weighted by molar-refractivity contribution is 0.299. The second-order valence-electron chi connectivity index (χ2n) is 9.33. The molecule has 208 valence electrons. The Labute approximate surface area is 233 Å². The summed E-state index contributed by atoms with van der Waals surface area (Å²) >= 11 is 0. The first-order valence-electron chi connectivity index (χ1n) is 12.6. The normalized spacial score (nSPS) is 12.0. The molecule has 2 aromatic heterocycles. The highest BCUT2D eigenvalue weighted by Gasteiger charge is 2.34. The number of aliphatic hydroxyl groups excluding tert-OH is 2. The number of rotatable bonds is 8. The van der Waals surface area contributed by atoms with E-state index in [4.69, 9.17) is 0 Å². The summed E-state index contributed by atoms with van der Waals surface area (Å²) < 4.78 is 29.0. The Hall–Kier alpha value is -4.85. The summed E-state index contributed by atoms with van der Waals surface area (Å²) in [4.78, 5) is 1.11. The number of phenolic OH excluding ortho intramolecular Hbond substituents is 2. The SMILES string of the molecule is O=S(=O)(c1c(O)cc(CCO)cc1-n1nc2ccccc2n1)c1c(O)cc(CCO)cc1-n1nc2ccccc2n1. The van der Waals surface area contributed by atoms with Crippen LogP contribution in [0.2, 0.25) is 0 Å². The molecular formula is C28H24N6O6S. The Bertz CT molecular complexity index is 1830. The van der Waals surface area contributed by atoms with Crippen LogP contribution < -0.4 is 0 Å². The van der Waals surface area contributed by atoms with Crippen LogP contribution >= 0.6 is 0 Å². The van der Waals surface area contributed by atoms with Gasteiger partial charge in [0.1, 0.15) is 54.7 Å². The zero-order valence-electron chi connectivity index (χ0n) is 21.5. The fourth-order valence-corrected chi connectivity index (χ4v) is 6.45. The molecule has 0 unspecified atom stereocenters. The van der Waals surface area contributed by atoms with Gasteiger partial charge in [0.15, 0.2) is 0 Å². The van der Waals surface area contributed by atoms with E-state index in [0.29, 0.717) is 33.2 Å². The van der Waals surface area contributed by atoms with Crippen molar-refractivity contribution in [2.24, 2.45) is 0 Å². The predicted octanol–water partition coefficient (Wildman–Crippen LogP) is 2.47. The molecule has 0 radical (unpaired) electrons. The third-order valence-electron chi connectivity index (χ3n) is 6.56. The molecule has 13 heteroatoms. The third-order valence-corrected chi connectivity index (χ3v) is 8.47. The Balaban J connectivity index is 1.64. The van der Waals surface area contributed by atoms with Crippen molar-refractivity contribution in [3.8, 4) is 22.9 Å². The Morgan fingerprint density at radius 1 is 0.585 bits per heavy atom. The van der Waals surface area contributed by atoms with E-state index in [1.54, 1.807) is 48.5 Å². The van der Waals surface area contributed by atoms with E-state index in [1.165, 1.54) is 24.3 Å². The summed E-state index contributed by atoms with van der Waals surface area (Å²) in [5.74, 6) is -1.23. The summed E-state index contributed by atoms with van der Waals surface area (Å²) in [6, 6.07) is 19.3. The molecule has 0 aliphatic carbocycles. The van der Waals surface area contributed by atoms with E-state index < -0.39 is 31.1 Å². The van der Waals surface area contributed by atoms with E-state index in [1.807, 2.05) is 0 Å². The molecule has 0 atom stereocenters. The first-order valence-corrected chi connectivity index (χ1v) is 14.1. The second-order valence-corrected chi connectivity index (χ2v) is 11.2. The van der Waals surface area contributed by atoms with Crippen molar-refractivity contribution < 1.29 is 28.8 Å². The molecule has 0 bridgehead atoms. The lowest BCUT2D eigenvalue weighted by atomic mass is 10.1. The van der Waals surface area contributed by atoms with Crippen molar-refractivity contribution in [3.05, 3.63) is 83.9 Å². The Kier molecular flexibility index (Phi) is 6.61. The number of benzene rings is 4. The zero-order valence-corrected chi connectivity index (χ0v) is 22.3. The van der Waals surface area contributed by atoms with E-state index >= 15 is 0 Å². The summed E-state index contributed by atoms with van der Waals surface area (Å²) in [7, 11) is -4.72. The van der Waals surface area contributed by atoms with Crippen molar-refractivity contribution in [2.45, 2.75) is 22.6 Å². The number of aromatic nitrogens is 6. The van der Waals surface area contributed by atoms with Crippen molar-refractivity contribution in [1.29, 1.82) is 0 Å². The molecule has 4 aromatic carbocycles. The molecule has 41 heavy (non-hydrogen) atoms. The van der Waals surface area contributed by atoms with Crippen LogP contribution in [0.5, 0.6) is 11.5 Å². The lowest BCUT2D eigenvalue weighted by Gasteiger charge is -2.17. The predicted molar refractivity (Wildman–Crippen MR) is 148 cm³/mol. The Morgan fingerprint density at radius 3 is 1.24 bits per heavy atom. The molecule has 6 rings (SSSR count). The van der Waals surface area contributed by atoms with Crippen LogP contribution in [0.25, 0.3) is 33.4 Å². The van der Waals surface area contributed by atoms with Gasteiger partial charge in [-0.2, -0.15) is 0 Å². The van der Waals surface area contributed by atoms with Gasteiger partial charge in [-0.1, -0.05) is 24.3 Å². The number of hydrogen-bond donors (Lipinski definition) is 4. The van der Waals surface area contributed by atoms with Gasteiger partial charge in [0.2, 0.25) is 9.84 Å². The van der Waals surface area contributed by atoms with Crippen LogP contribution in [0.3, 0.4) is 0 Å². The topological polar surface area (TPSA) is 176 Å². The lowest BCUT2D eigenvalue weighted by Crippen LogP contribution is -2.15. The molecule has 0 amide bonds. The molecule has 4 N–H and O–H groups in total. The quantitative estimate of drug-likeness (QED) is 0.212.